The van der Waals surface area contributed by atoms with Crippen LogP contribution in [0, 0.1) is 20.8 Å². The summed E-state index contributed by atoms with van der Waals surface area (Å²) in [6.45, 7) is 9.03. The van der Waals surface area contributed by atoms with Gasteiger partial charge in [0.15, 0.2) is 0 Å². The van der Waals surface area contributed by atoms with Gasteiger partial charge < -0.3 is 17.1 Å². The van der Waals surface area contributed by atoms with Gasteiger partial charge in [-0.1, -0.05) is 36.4 Å². The number of benzene rings is 3. The molecule has 3 aromatic carbocycles. The second-order valence-electron chi connectivity index (χ2n) is 6.65. The highest BCUT2D eigenvalue weighted by Crippen LogP contribution is 2.53. The van der Waals surface area contributed by atoms with E-state index in [9.17, 15) is 0 Å². The van der Waals surface area contributed by atoms with Crippen LogP contribution in [-0.2, 0) is 0 Å². The lowest BCUT2D eigenvalue weighted by molar-refractivity contribution is -0.00000545. The smallest absolute Gasteiger partial charge is 0.126 e. The van der Waals surface area contributed by atoms with Crippen molar-refractivity contribution in [3.8, 4) is 5.75 Å². The third-order valence-electron chi connectivity index (χ3n) is 5.39. The summed E-state index contributed by atoms with van der Waals surface area (Å²) >= 11 is 0. The molecule has 0 atom stereocenters. The molecule has 0 heterocycles. The van der Waals surface area contributed by atoms with E-state index >= 15 is 0 Å². The zero-order valence-corrected chi connectivity index (χ0v) is 17.7. The standard InChI is InChI=1S/C23H26OP.ClH/c1-17-18(2)22(24-4)16-23(19(17)3)25(5,20-12-8-6-9-13-20)21-14-10-7-11-15-21;/h6-16H,1-5H3;1H/q+1;/p-1. The lowest BCUT2D eigenvalue weighted by Crippen LogP contribution is -3.00. The number of rotatable bonds is 4. The second kappa shape index (κ2) is 8.25. The van der Waals surface area contributed by atoms with Crippen molar-refractivity contribution in [3.05, 3.63) is 83.4 Å². The van der Waals surface area contributed by atoms with E-state index in [0.29, 0.717) is 0 Å². The largest absolute Gasteiger partial charge is 1.00 e. The minimum atomic E-state index is -1.73. The van der Waals surface area contributed by atoms with Crippen LogP contribution in [0.2, 0.25) is 0 Å². The molecule has 3 heteroatoms. The molecule has 0 saturated carbocycles. The fraction of sp³-hybridized carbons (Fsp3) is 0.217. The molecule has 0 bridgehead atoms. The fourth-order valence-corrected chi connectivity index (χ4v) is 7.16. The van der Waals surface area contributed by atoms with Crippen LogP contribution < -0.4 is 33.1 Å². The zero-order chi connectivity index (χ0) is 18.0. The van der Waals surface area contributed by atoms with Crippen LogP contribution in [0.4, 0.5) is 0 Å². The van der Waals surface area contributed by atoms with E-state index in [1.54, 1.807) is 7.11 Å². The molecule has 1 nitrogen and oxygen atoms in total. The highest BCUT2D eigenvalue weighted by molar-refractivity contribution is 7.95. The van der Waals surface area contributed by atoms with Gasteiger partial charge >= 0.3 is 0 Å². The number of hydrogen-bond acceptors (Lipinski definition) is 1. The van der Waals surface area contributed by atoms with E-state index in [2.05, 4.69) is 94.2 Å². The molecule has 0 aromatic heterocycles. The van der Waals surface area contributed by atoms with Gasteiger partial charge in [-0.25, -0.2) is 0 Å². The van der Waals surface area contributed by atoms with Crippen LogP contribution in [0.25, 0.3) is 0 Å². The first-order valence-electron chi connectivity index (χ1n) is 8.63. The van der Waals surface area contributed by atoms with Gasteiger partial charge in [-0.3, -0.25) is 0 Å². The van der Waals surface area contributed by atoms with Crippen LogP contribution in [0.5, 0.6) is 5.75 Å². The van der Waals surface area contributed by atoms with E-state index < -0.39 is 7.26 Å². The molecular formula is C23H26ClOP. The van der Waals surface area contributed by atoms with Crippen molar-refractivity contribution < 1.29 is 17.1 Å². The van der Waals surface area contributed by atoms with E-state index in [1.807, 2.05) is 0 Å². The lowest BCUT2D eigenvalue weighted by atomic mass is 10.0. The molecule has 0 amide bonds. The monoisotopic (exact) mass is 384 g/mol. The third-order valence-corrected chi connectivity index (χ3v) is 9.48. The molecule has 0 fully saturated rings. The van der Waals surface area contributed by atoms with Crippen LogP contribution in [0.1, 0.15) is 16.7 Å². The maximum Gasteiger partial charge on any atom is 0.126 e. The Balaban J connectivity index is 0.00000243. The summed E-state index contributed by atoms with van der Waals surface area (Å²) in [6, 6.07) is 24.1. The van der Waals surface area contributed by atoms with Gasteiger partial charge in [0.25, 0.3) is 0 Å². The normalized spacial score (nSPS) is 11.0. The molecular weight excluding hydrogens is 359 g/mol. The van der Waals surface area contributed by atoms with Crippen molar-refractivity contribution in [2.45, 2.75) is 20.8 Å². The molecule has 0 radical (unpaired) electrons. The Morgan fingerprint density at radius 2 is 1.15 bits per heavy atom. The summed E-state index contributed by atoms with van der Waals surface area (Å²) in [6.07, 6.45) is 0. The van der Waals surface area contributed by atoms with Crippen molar-refractivity contribution in [1.29, 1.82) is 0 Å². The first-order valence-corrected chi connectivity index (χ1v) is 10.9. The maximum atomic E-state index is 5.71. The Kier molecular flexibility index (Phi) is 6.50. The third kappa shape index (κ3) is 3.39. The lowest BCUT2D eigenvalue weighted by Gasteiger charge is -2.26. The summed E-state index contributed by atoms with van der Waals surface area (Å²) in [4.78, 5) is 0. The van der Waals surface area contributed by atoms with Crippen molar-refractivity contribution in [3.63, 3.8) is 0 Å². The van der Waals surface area contributed by atoms with Gasteiger partial charge in [0, 0.05) is 6.07 Å². The van der Waals surface area contributed by atoms with Gasteiger partial charge in [-0.15, -0.1) is 0 Å². The van der Waals surface area contributed by atoms with Crippen LogP contribution >= 0.6 is 7.26 Å². The highest BCUT2D eigenvalue weighted by atomic mass is 35.5. The summed E-state index contributed by atoms with van der Waals surface area (Å²) in [5, 5.41) is 4.20. The predicted molar refractivity (Wildman–Crippen MR) is 112 cm³/mol. The topological polar surface area (TPSA) is 9.23 Å². The van der Waals surface area contributed by atoms with Gasteiger partial charge in [0.1, 0.15) is 28.9 Å². The molecule has 0 aliphatic rings. The molecule has 0 N–H and O–H groups in total. The van der Waals surface area contributed by atoms with E-state index in [1.165, 1.54) is 32.6 Å². The Hall–Kier alpha value is -1.82. The van der Waals surface area contributed by atoms with Gasteiger partial charge in [0.2, 0.25) is 0 Å². The van der Waals surface area contributed by atoms with Crippen molar-refractivity contribution in [2.75, 3.05) is 13.8 Å². The number of methoxy groups -OCH3 is 1. The Morgan fingerprint density at radius 1 is 0.692 bits per heavy atom. The van der Waals surface area contributed by atoms with Crippen molar-refractivity contribution >= 4 is 23.2 Å². The summed E-state index contributed by atoms with van der Waals surface area (Å²) in [5.74, 6) is 0.983. The Morgan fingerprint density at radius 3 is 1.58 bits per heavy atom. The van der Waals surface area contributed by atoms with Gasteiger partial charge in [-0.05, 0) is 61.7 Å². The molecule has 0 aliphatic heterocycles. The van der Waals surface area contributed by atoms with Crippen molar-refractivity contribution in [1.82, 2.24) is 0 Å². The molecule has 136 valence electrons. The minimum Gasteiger partial charge on any atom is -1.00 e. The first kappa shape index (κ1) is 20.5. The average molecular weight is 385 g/mol. The number of halogens is 1. The summed E-state index contributed by atoms with van der Waals surface area (Å²) < 4.78 is 5.71. The zero-order valence-electron chi connectivity index (χ0n) is 16.1. The quantitative estimate of drug-likeness (QED) is 0.620. The average Bonchev–Trinajstić information content (AvgIpc) is 2.67. The van der Waals surface area contributed by atoms with E-state index in [4.69, 9.17) is 4.74 Å². The van der Waals surface area contributed by atoms with Crippen molar-refractivity contribution in [2.24, 2.45) is 0 Å². The van der Waals surface area contributed by atoms with Crippen LogP contribution in [-0.4, -0.2) is 13.8 Å². The number of hydrogen-bond donors (Lipinski definition) is 0. The molecule has 0 unspecified atom stereocenters. The molecule has 3 aromatic rings. The van der Waals surface area contributed by atoms with Gasteiger partial charge in [0.05, 0.1) is 13.8 Å². The number of ether oxygens (including phenoxy) is 1. The molecule has 26 heavy (non-hydrogen) atoms. The molecule has 0 saturated heterocycles. The molecule has 0 spiro atoms. The summed E-state index contributed by atoms with van der Waals surface area (Å²) in [5.41, 5.74) is 3.94. The molecule has 0 aliphatic carbocycles. The van der Waals surface area contributed by atoms with Crippen LogP contribution in [0.15, 0.2) is 66.7 Å². The predicted octanol–water partition coefficient (Wildman–Crippen LogP) is 1.55. The first-order chi connectivity index (χ1) is 12.0. The second-order valence-corrected chi connectivity index (χ2v) is 10.2. The van der Waals surface area contributed by atoms with Gasteiger partial charge in [-0.2, -0.15) is 0 Å². The maximum absolute atomic E-state index is 5.71. The van der Waals surface area contributed by atoms with E-state index in [0.717, 1.165) is 5.75 Å². The Bertz CT molecular complexity index is 836. The minimum absolute atomic E-state index is 0. The SMILES string of the molecule is COc1cc([P+](C)(c2ccccc2)c2ccccc2)c(C)c(C)c1C.[Cl-]. The fourth-order valence-electron chi connectivity index (χ4n) is 3.55. The van der Waals surface area contributed by atoms with Crippen LogP contribution in [0.3, 0.4) is 0 Å². The molecule has 3 rings (SSSR count). The van der Waals surface area contributed by atoms with E-state index in [-0.39, 0.29) is 12.4 Å². The summed E-state index contributed by atoms with van der Waals surface area (Å²) in [7, 11) is 0.0346. The highest BCUT2D eigenvalue weighted by Gasteiger charge is 2.42. The Labute approximate surface area is 164 Å².